The summed E-state index contributed by atoms with van der Waals surface area (Å²) < 4.78 is 49.7. The third-order valence-corrected chi connectivity index (χ3v) is 4.72. The van der Waals surface area contributed by atoms with Crippen LogP contribution in [0.2, 0.25) is 0 Å². The summed E-state index contributed by atoms with van der Waals surface area (Å²) in [7, 11) is 1.20. The van der Waals surface area contributed by atoms with Gasteiger partial charge in [0, 0.05) is 18.5 Å². The molecule has 1 aromatic rings. The lowest BCUT2D eigenvalue weighted by Gasteiger charge is -2.38. The average molecular weight is 401 g/mol. The Hall–Kier alpha value is -2.58. The average Bonchev–Trinajstić information content (AvgIpc) is 2.65. The number of ether oxygens (including phenoxy) is 2. The van der Waals surface area contributed by atoms with Crippen LogP contribution >= 0.6 is 0 Å². The van der Waals surface area contributed by atoms with Crippen molar-refractivity contribution in [2.24, 2.45) is 5.92 Å². The molecule has 1 heterocycles. The zero-order valence-corrected chi connectivity index (χ0v) is 15.7. The maximum Gasteiger partial charge on any atom is 0.409 e. The van der Waals surface area contributed by atoms with E-state index in [1.807, 2.05) is 0 Å². The first-order valence-corrected chi connectivity index (χ1v) is 8.93. The Morgan fingerprint density at radius 3 is 2.39 bits per heavy atom. The number of carbonyl (C=O) groups is 3. The smallest absolute Gasteiger partial charge is 0.409 e. The summed E-state index contributed by atoms with van der Waals surface area (Å²) in [5.41, 5.74) is 0.147. The highest BCUT2D eigenvalue weighted by Crippen LogP contribution is 2.28. The second-order valence-corrected chi connectivity index (χ2v) is 6.56. The maximum atomic E-state index is 13.5. The van der Waals surface area contributed by atoms with Gasteiger partial charge in [-0.2, -0.15) is 0 Å². The van der Waals surface area contributed by atoms with Gasteiger partial charge in [-0.25, -0.2) is 18.0 Å². The van der Waals surface area contributed by atoms with Crippen molar-refractivity contribution < 1.29 is 37.0 Å². The molecule has 9 heteroatoms. The number of methoxy groups -OCH3 is 1. The van der Waals surface area contributed by atoms with Crippen molar-refractivity contribution >= 4 is 17.8 Å². The molecule has 0 aliphatic carbocycles. The Morgan fingerprint density at radius 1 is 1.18 bits per heavy atom. The molecule has 1 aliphatic rings. The molecule has 0 radical (unpaired) electrons. The van der Waals surface area contributed by atoms with Crippen molar-refractivity contribution in [3.05, 3.63) is 35.1 Å². The van der Waals surface area contributed by atoms with E-state index in [-0.39, 0.29) is 43.8 Å². The van der Waals surface area contributed by atoms with Gasteiger partial charge < -0.3 is 14.4 Å². The number of esters is 1. The molecular formula is C19H22F3NO5. The van der Waals surface area contributed by atoms with Crippen molar-refractivity contribution in [3.8, 4) is 0 Å². The van der Waals surface area contributed by atoms with E-state index in [4.69, 9.17) is 9.47 Å². The van der Waals surface area contributed by atoms with Crippen LogP contribution in [0.3, 0.4) is 0 Å². The van der Waals surface area contributed by atoms with Crippen LogP contribution in [0.15, 0.2) is 12.1 Å². The molecule has 1 saturated heterocycles. The van der Waals surface area contributed by atoms with E-state index in [2.05, 4.69) is 0 Å². The molecule has 0 spiro atoms. The molecule has 1 fully saturated rings. The van der Waals surface area contributed by atoms with Crippen LogP contribution in [0.4, 0.5) is 18.0 Å². The second kappa shape index (κ2) is 9.57. The van der Waals surface area contributed by atoms with Gasteiger partial charge in [-0.3, -0.25) is 9.59 Å². The lowest BCUT2D eigenvalue weighted by molar-refractivity contribution is -0.146. The van der Waals surface area contributed by atoms with Gasteiger partial charge in [0.25, 0.3) is 0 Å². The largest absolute Gasteiger partial charge is 0.466 e. The fourth-order valence-electron chi connectivity index (χ4n) is 3.39. The Bertz CT molecular complexity index is 732. The number of hydrogen-bond acceptors (Lipinski definition) is 5. The van der Waals surface area contributed by atoms with Crippen molar-refractivity contribution in [2.75, 3.05) is 20.3 Å². The lowest BCUT2D eigenvalue weighted by Crippen LogP contribution is -2.48. The van der Waals surface area contributed by atoms with E-state index >= 15 is 0 Å². The molecule has 0 bridgehead atoms. The van der Waals surface area contributed by atoms with Gasteiger partial charge in [0.15, 0.2) is 17.5 Å². The maximum absolute atomic E-state index is 13.5. The number of halogens is 3. The molecule has 0 N–H and O–H groups in total. The van der Waals surface area contributed by atoms with Gasteiger partial charge in [-0.05, 0) is 43.9 Å². The minimum absolute atomic E-state index is 0.00636. The first-order chi connectivity index (χ1) is 13.3. The van der Waals surface area contributed by atoms with Crippen LogP contribution in [0.1, 0.15) is 31.7 Å². The standard InChI is InChI=1S/C19H22F3NO5/c1-3-28-17(25)10-16(24)12-4-5-23(19(26)27-2)13(9-12)6-11-7-14(20)18(22)15(21)8-11/h7-8,12-13H,3-6,9-10H2,1-2H3. The SMILES string of the molecule is CCOC(=O)CC(=O)C1CCN(C(=O)OC)C(Cc2cc(F)c(F)c(F)c2)C1. The van der Waals surface area contributed by atoms with Crippen LogP contribution in [0, 0.1) is 23.4 Å². The molecule has 1 aromatic carbocycles. The van der Waals surface area contributed by atoms with Gasteiger partial charge in [-0.15, -0.1) is 0 Å². The Kier molecular flexibility index (Phi) is 7.42. The fraction of sp³-hybridized carbons (Fsp3) is 0.526. The summed E-state index contributed by atoms with van der Waals surface area (Å²) in [6.07, 6.45) is -0.482. The number of Topliss-reactive ketones (excluding diaryl/α,β-unsaturated/α-hetero) is 1. The van der Waals surface area contributed by atoms with Gasteiger partial charge >= 0.3 is 12.1 Å². The topological polar surface area (TPSA) is 72.9 Å². The molecule has 2 atom stereocenters. The van der Waals surface area contributed by atoms with Gasteiger partial charge in [0.2, 0.25) is 0 Å². The quantitative estimate of drug-likeness (QED) is 0.416. The molecule has 0 aromatic heterocycles. The van der Waals surface area contributed by atoms with E-state index < -0.39 is 41.5 Å². The summed E-state index contributed by atoms with van der Waals surface area (Å²) in [5.74, 6) is -5.67. The monoisotopic (exact) mass is 401 g/mol. The molecule has 6 nitrogen and oxygen atoms in total. The van der Waals surface area contributed by atoms with Crippen LogP contribution < -0.4 is 0 Å². The van der Waals surface area contributed by atoms with Crippen molar-refractivity contribution in [1.82, 2.24) is 4.90 Å². The summed E-state index contributed by atoms with van der Waals surface area (Å²) in [6.45, 7) is 1.98. The van der Waals surface area contributed by atoms with Crippen LogP contribution in [0.5, 0.6) is 0 Å². The Morgan fingerprint density at radius 2 is 1.82 bits per heavy atom. The highest BCUT2D eigenvalue weighted by Gasteiger charge is 2.36. The van der Waals surface area contributed by atoms with Crippen molar-refractivity contribution in [1.29, 1.82) is 0 Å². The zero-order valence-electron chi connectivity index (χ0n) is 15.7. The molecule has 2 rings (SSSR count). The third kappa shape index (κ3) is 5.24. The molecular weight excluding hydrogens is 379 g/mol. The van der Waals surface area contributed by atoms with E-state index in [1.54, 1.807) is 6.92 Å². The molecule has 28 heavy (non-hydrogen) atoms. The molecule has 154 valence electrons. The minimum Gasteiger partial charge on any atom is -0.466 e. The number of piperidine rings is 1. The highest BCUT2D eigenvalue weighted by atomic mass is 19.2. The molecule has 1 aliphatic heterocycles. The van der Waals surface area contributed by atoms with Crippen LogP contribution in [-0.2, 0) is 25.5 Å². The summed E-state index contributed by atoms with van der Waals surface area (Å²) in [6, 6.07) is 1.12. The first kappa shape index (κ1) is 21.7. The Balaban J connectivity index is 2.17. The number of benzene rings is 1. The van der Waals surface area contributed by atoms with E-state index in [9.17, 15) is 27.6 Å². The predicted molar refractivity (Wildman–Crippen MR) is 91.9 cm³/mol. The second-order valence-electron chi connectivity index (χ2n) is 6.56. The summed E-state index contributed by atoms with van der Waals surface area (Å²) in [5, 5.41) is 0. The fourth-order valence-corrected chi connectivity index (χ4v) is 3.39. The number of ketones is 1. The number of amides is 1. The zero-order chi connectivity index (χ0) is 20.8. The summed E-state index contributed by atoms with van der Waals surface area (Å²) >= 11 is 0. The number of hydrogen-bond donors (Lipinski definition) is 0. The van der Waals surface area contributed by atoms with Crippen LogP contribution in [0.25, 0.3) is 0 Å². The van der Waals surface area contributed by atoms with Gasteiger partial charge in [0.05, 0.1) is 13.7 Å². The highest BCUT2D eigenvalue weighted by molar-refractivity contribution is 5.96. The van der Waals surface area contributed by atoms with Crippen molar-refractivity contribution in [3.63, 3.8) is 0 Å². The normalized spacial score (nSPS) is 19.2. The minimum atomic E-state index is -1.57. The molecule has 2 unspecified atom stereocenters. The lowest BCUT2D eigenvalue weighted by atomic mass is 9.84. The Labute approximate surface area is 160 Å². The van der Waals surface area contributed by atoms with Crippen molar-refractivity contribution in [2.45, 2.75) is 38.6 Å². The summed E-state index contributed by atoms with van der Waals surface area (Å²) in [4.78, 5) is 37.3. The predicted octanol–water partition coefficient (Wildman–Crippen LogP) is 3.02. The molecule has 0 saturated carbocycles. The van der Waals surface area contributed by atoms with Crippen LogP contribution in [-0.4, -0.2) is 49.0 Å². The van der Waals surface area contributed by atoms with Gasteiger partial charge in [-0.1, -0.05) is 0 Å². The number of carbonyl (C=O) groups excluding carboxylic acids is 3. The van der Waals surface area contributed by atoms with E-state index in [1.165, 1.54) is 12.0 Å². The third-order valence-electron chi connectivity index (χ3n) is 4.72. The number of likely N-dealkylation sites (tertiary alicyclic amines) is 1. The van der Waals surface area contributed by atoms with Gasteiger partial charge in [0.1, 0.15) is 12.2 Å². The number of nitrogens with zero attached hydrogens (tertiary/aromatic N) is 1. The number of rotatable bonds is 6. The van der Waals surface area contributed by atoms with E-state index in [0.29, 0.717) is 6.42 Å². The molecule has 1 amide bonds. The van der Waals surface area contributed by atoms with E-state index in [0.717, 1.165) is 12.1 Å². The first-order valence-electron chi connectivity index (χ1n) is 8.93.